The van der Waals surface area contributed by atoms with Crippen molar-refractivity contribution in [1.82, 2.24) is 48.8 Å². The fourth-order valence-corrected chi connectivity index (χ4v) is 8.32. The molecular weight excluding hydrogens is 849 g/mol. The molecule has 0 radical (unpaired) electrons. The van der Waals surface area contributed by atoms with Gasteiger partial charge in [0.25, 0.3) is 0 Å². The van der Waals surface area contributed by atoms with Crippen molar-refractivity contribution >= 4 is 71.2 Å². The van der Waals surface area contributed by atoms with E-state index in [1.165, 1.54) is 21.8 Å². The first-order valence-corrected chi connectivity index (χ1v) is 21.2. The molecule has 0 saturated heterocycles. The van der Waals surface area contributed by atoms with Crippen LogP contribution in [0.1, 0.15) is 11.1 Å². The van der Waals surface area contributed by atoms with Crippen molar-refractivity contribution in [1.29, 1.82) is 0 Å². The average Bonchev–Trinajstić information content (AvgIpc) is 4.04. The van der Waals surface area contributed by atoms with Gasteiger partial charge in [0.15, 0.2) is 0 Å². The van der Waals surface area contributed by atoms with Gasteiger partial charge in [0, 0.05) is 129 Å². The second kappa shape index (κ2) is 16.9. The lowest BCUT2D eigenvalue weighted by molar-refractivity contribution is 0.768. The lowest BCUT2D eigenvalue weighted by atomic mass is 10.0. The monoisotopic (exact) mass is 888 g/mol. The molecule has 2 N–H and O–H groups in total. The number of hydrogen-bond acceptors (Lipinski definition) is 9. The SMILES string of the molecule is Cn1cc(-c2cc(CNc3cc(-c4ccc5ccn(C)c5c4)c4nccnc4c3)ccn2)cn1.Cn1ccc2ccc(-c3cc(NCc4ccnc(Br)c4)cc4nccnc34)cc21. The zero-order valence-corrected chi connectivity index (χ0v) is 36.4. The first kappa shape index (κ1) is 39.4. The van der Waals surface area contributed by atoms with E-state index in [1.807, 2.05) is 49.9 Å². The molecule has 0 saturated carbocycles. The van der Waals surface area contributed by atoms with Crippen molar-refractivity contribution in [3.05, 3.63) is 175 Å². The van der Waals surface area contributed by atoms with E-state index in [4.69, 9.17) is 0 Å². The van der Waals surface area contributed by atoms with E-state index >= 15 is 0 Å². The summed E-state index contributed by atoms with van der Waals surface area (Å²) in [6, 6.07) is 33.8. The van der Waals surface area contributed by atoms with Crippen LogP contribution in [0.3, 0.4) is 0 Å². The topological polar surface area (TPSA) is 129 Å². The average molecular weight is 890 g/mol. The van der Waals surface area contributed by atoms with E-state index in [0.717, 1.165) is 82.7 Å². The highest BCUT2D eigenvalue weighted by molar-refractivity contribution is 9.10. The number of nitrogens with zero attached hydrogens (tertiary/aromatic N) is 10. The standard InChI is InChI=1S/C27H23N7.C23H18BrN5/c1-33-10-6-19-3-4-20(12-26(19)33)23-13-22(14-25-27(23)30-9-8-29-25)31-15-18-5-7-28-24(11-18)21-16-32-34(2)17-21;1-29-9-5-16-2-3-17(11-21(16)29)19-12-18(13-20-23(19)27-8-7-25-20)28-14-15-4-6-26-22(24)10-15/h3-14,16-17,31H,15H2,1-2H3;2-13,28H,14H2,1H3. The molecule has 308 valence electrons. The number of rotatable bonds is 9. The van der Waals surface area contributed by atoms with Crippen LogP contribution in [-0.4, -0.2) is 48.8 Å². The molecular formula is C50H41BrN12. The van der Waals surface area contributed by atoms with E-state index in [-0.39, 0.29) is 0 Å². The first-order valence-electron chi connectivity index (χ1n) is 20.4. The quantitative estimate of drug-likeness (QED) is 0.136. The van der Waals surface area contributed by atoms with E-state index in [1.54, 1.807) is 35.7 Å². The van der Waals surface area contributed by atoms with Gasteiger partial charge in [-0.3, -0.25) is 29.6 Å². The maximum absolute atomic E-state index is 4.64. The largest absolute Gasteiger partial charge is 0.381 e. The third kappa shape index (κ3) is 8.33. The smallest absolute Gasteiger partial charge is 0.106 e. The number of aryl methyl sites for hydroxylation is 3. The van der Waals surface area contributed by atoms with Gasteiger partial charge in [-0.15, -0.1) is 0 Å². The minimum Gasteiger partial charge on any atom is -0.381 e. The summed E-state index contributed by atoms with van der Waals surface area (Å²) in [4.78, 5) is 27.1. The van der Waals surface area contributed by atoms with Crippen LogP contribution in [0.15, 0.2) is 164 Å². The molecule has 12 nitrogen and oxygen atoms in total. The summed E-state index contributed by atoms with van der Waals surface area (Å²) in [7, 11) is 6.04. The first-order chi connectivity index (χ1) is 30.8. The highest BCUT2D eigenvalue weighted by Crippen LogP contribution is 2.34. The molecule has 0 unspecified atom stereocenters. The van der Waals surface area contributed by atoms with Gasteiger partial charge in [0.2, 0.25) is 0 Å². The Morgan fingerprint density at radius 2 is 1.05 bits per heavy atom. The molecule has 7 aromatic heterocycles. The molecule has 0 aliphatic heterocycles. The molecule has 0 aliphatic rings. The lowest BCUT2D eigenvalue weighted by Gasteiger charge is -2.12. The Morgan fingerprint density at radius 1 is 0.508 bits per heavy atom. The van der Waals surface area contributed by atoms with Crippen LogP contribution in [0.5, 0.6) is 0 Å². The van der Waals surface area contributed by atoms with Gasteiger partial charge in [-0.1, -0.05) is 24.3 Å². The third-order valence-electron chi connectivity index (χ3n) is 11.2. The van der Waals surface area contributed by atoms with E-state index in [2.05, 4.69) is 170 Å². The van der Waals surface area contributed by atoms with Gasteiger partial charge in [-0.25, -0.2) is 4.98 Å². The Balaban J connectivity index is 0.000000152. The van der Waals surface area contributed by atoms with E-state index < -0.39 is 0 Å². The second-order valence-corrected chi connectivity index (χ2v) is 16.3. The minimum absolute atomic E-state index is 0.665. The molecule has 0 aliphatic carbocycles. The summed E-state index contributed by atoms with van der Waals surface area (Å²) in [5.41, 5.74) is 16.5. The van der Waals surface area contributed by atoms with Crippen LogP contribution < -0.4 is 10.6 Å². The lowest BCUT2D eigenvalue weighted by Crippen LogP contribution is -2.01. The summed E-state index contributed by atoms with van der Waals surface area (Å²) >= 11 is 3.43. The normalized spacial score (nSPS) is 11.3. The number of halogens is 1. The minimum atomic E-state index is 0.665. The molecule has 0 amide bonds. The van der Waals surface area contributed by atoms with E-state index in [9.17, 15) is 0 Å². The van der Waals surface area contributed by atoms with Crippen molar-refractivity contribution in [2.24, 2.45) is 21.1 Å². The number of hydrogen-bond donors (Lipinski definition) is 2. The summed E-state index contributed by atoms with van der Waals surface area (Å²) < 4.78 is 6.89. The van der Waals surface area contributed by atoms with Crippen molar-refractivity contribution < 1.29 is 0 Å². The molecule has 7 heterocycles. The summed E-state index contributed by atoms with van der Waals surface area (Å²) in [5, 5.41) is 13.8. The highest BCUT2D eigenvalue weighted by atomic mass is 79.9. The van der Waals surface area contributed by atoms with Crippen LogP contribution in [-0.2, 0) is 34.2 Å². The molecule has 0 bridgehead atoms. The zero-order chi connectivity index (χ0) is 42.9. The van der Waals surface area contributed by atoms with Crippen molar-refractivity contribution in [2.45, 2.75) is 13.1 Å². The number of pyridine rings is 2. The zero-order valence-electron chi connectivity index (χ0n) is 34.8. The fraction of sp³-hybridized carbons (Fsp3) is 0.100. The Labute approximate surface area is 371 Å². The van der Waals surface area contributed by atoms with Gasteiger partial charge < -0.3 is 19.8 Å². The van der Waals surface area contributed by atoms with Gasteiger partial charge >= 0.3 is 0 Å². The van der Waals surface area contributed by atoms with Crippen LogP contribution >= 0.6 is 15.9 Å². The number of benzene rings is 4. The Bertz CT molecular complexity index is 3440. The van der Waals surface area contributed by atoms with Crippen molar-refractivity contribution in [3.63, 3.8) is 0 Å². The Kier molecular flexibility index (Phi) is 10.6. The Hall–Kier alpha value is -7.77. The molecule has 0 atom stereocenters. The predicted molar refractivity (Wildman–Crippen MR) is 256 cm³/mol. The maximum Gasteiger partial charge on any atom is 0.106 e. The number of nitrogens with one attached hydrogen (secondary N) is 2. The number of fused-ring (bicyclic) bond motifs is 4. The van der Waals surface area contributed by atoms with Gasteiger partial charge in [0.05, 0.1) is 34.0 Å². The molecule has 13 heteroatoms. The van der Waals surface area contributed by atoms with Crippen LogP contribution in [0.2, 0.25) is 0 Å². The molecule has 0 fully saturated rings. The third-order valence-corrected chi connectivity index (χ3v) is 11.6. The fourth-order valence-electron chi connectivity index (χ4n) is 7.91. The van der Waals surface area contributed by atoms with Crippen molar-refractivity contribution in [2.75, 3.05) is 10.6 Å². The summed E-state index contributed by atoms with van der Waals surface area (Å²) in [5.74, 6) is 0. The molecule has 0 spiro atoms. The molecule has 11 aromatic rings. The van der Waals surface area contributed by atoms with Gasteiger partial charge in [-0.2, -0.15) is 5.10 Å². The van der Waals surface area contributed by atoms with Crippen molar-refractivity contribution in [3.8, 4) is 33.5 Å². The van der Waals surface area contributed by atoms with Gasteiger partial charge in [-0.05, 0) is 122 Å². The summed E-state index contributed by atoms with van der Waals surface area (Å²) in [6.45, 7) is 1.36. The maximum atomic E-state index is 4.64. The predicted octanol–water partition coefficient (Wildman–Crippen LogP) is 10.8. The van der Waals surface area contributed by atoms with Gasteiger partial charge in [0.1, 0.15) is 4.60 Å². The molecule has 4 aromatic carbocycles. The van der Waals surface area contributed by atoms with Crippen LogP contribution in [0.4, 0.5) is 11.4 Å². The van der Waals surface area contributed by atoms with E-state index in [0.29, 0.717) is 13.1 Å². The van der Waals surface area contributed by atoms with Crippen LogP contribution in [0.25, 0.3) is 77.4 Å². The van der Waals surface area contributed by atoms with Crippen LogP contribution in [0, 0.1) is 0 Å². The Morgan fingerprint density at radius 3 is 1.59 bits per heavy atom. The molecule has 63 heavy (non-hydrogen) atoms. The number of aromatic nitrogens is 10. The summed E-state index contributed by atoms with van der Waals surface area (Å²) in [6.07, 6.45) is 18.6. The molecule has 11 rings (SSSR count). The number of anilines is 2. The second-order valence-electron chi connectivity index (χ2n) is 15.4. The highest BCUT2D eigenvalue weighted by Gasteiger charge is 2.13.